The van der Waals surface area contributed by atoms with Crippen LogP contribution < -0.4 is 4.74 Å². The molecule has 1 aromatic carbocycles. The lowest BCUT2D eigenvalue weighted by Crippen LogP contribution is -2.13. The Balaban J connectivity index is 2.52. The van der Waals surface area contributed by atoms with Crippen molar-refractivity contribution in [1.29, 1.82) is 0 Å². The van der Waals surface area contributed by atoms with Crippen LogP contribution >= 0.6 is 0 Å². The number of hydrogen-bond acceptors (Lipinski definition) is 3. The van der Waals surface area contributed by atoms with Crippen LogP contribution in [-0.4, -0.2) is 13.1 Å². The van der Waals surface area contributed by atoms with Crippen LogP contribution in [0.3, 0.4) is 0 Å². The second-order valence-corrected chi connectivity index (χ2v) is 2.72. The highest BCUT2D eigenvalue weighted by Crippen LogP contribution is 2.27. The summed E-state index contributed by atoms with van der Waals surface area (Å²) >= 11 is 0. The Morgan fingerprint density at radius 2 is 2.31 bits per heavy atom. The smallest absolute Gasteiger partial charge is 0.189 e. The second-order valence-electron chi connectivity index (χ2n) is 2.72. The maximum atomic E-state index is 13.2. The lowest BCUT2D eigenvalue weighted by Gasteiger charge is -2.18. The topological polar surface area (TPSA) is 35.5 Å². The minimum atomic E-state index is -0.511. The summed E-state index contributed by atoms with van der Waals surface area (Å²) in [6, 6.07) is 2.71. The minimum Gasteiger partial charge on any atom is -0.464 e. The molecular weight excluding hydrogens is 175 g/mol. The maximum Gasteiger partial charge on any atom is 0.189 e. The molecule has 0 fully saturated rings. The number of carbonyl (C=O) groups is 1. The third kappa shape index (κ3) is 1.40. The Labute approximate surface area is 74.1 Å². The zero-order valence-electron chi connectivity index (χ0n) is 6.75. The predicted octanol–water partition coefficient (Wildman–Crippen LogP) is 1.50. The van der Waals surface area contributed by atoms with E-state index in [0.29, 0.717) is 17.4 Å². The molecule has 1 heterocycles. The Morgan fingerprint density at radius 3 is 3.08 bits per heavy atom. The van der Waals surface area contributed by atoms with Gasteiger partial charge in [-0.25, -0.2) is 4.39 Å². The van der Waals surface area contributed by atoms with Crippen LogP contribution in [0.25, 0.3) is 0 Å². The maximum absolute atomic E-state index is 13.2. The molecule has 0 N–H and O–H groups in total. The van der Waals surface area contributed by atoms with Crippen LogP contribution in [0.1, 0.15) is 15.9 Å². The van der Waals surface area contributed by atoms with Crippen molar-refractivity contribution in [2.75, 3.05) is 6.79 Å². The number of carbonyl (C=O) groups excluding carboxylic acids is 1. The van der Waals surface area contributed by atoms with Gasteiger partial charge in [-0.3, -0.25) is 4.79 Å². The van der Waals surface area contributed by atoms with Gasteiger partial charge in [-0.05, 0) is 12.1 Å². The van der Waals surface area contributed by atoms with Crippen LogP contribution in [0.15, 0.2) is 12.1 Å². The normalized spacial score (nSPS) is 14.5. The van der Waals surface area contributed by atoms with Crippen molar-refractivity contribution in [2.45, 2.75) is 6.61 Å². The van der Waals surface area contributed by atoms with Gasteiger partial charge in [0.05, 0.1) is 6.61 Å². The Morgan fingerprint density at radius 1 is 1.46 bits per heavy atom. The van der Waals surface area contributed by atoms with E-state index in [1.807, 2.05) is 0 Å². The first-order valence-electron chi connectivity index (χ1n) is 3.79. The Kier molecular flexibility index (Phi) is 1.98. The van der Waals surface area contributed by atoms with Crippen molar-refractivity contribution >= 4 is 6.29 Å². The summed E-state index contributed by atoms with van der Waals surface area (Å²) in [5.41, 5.74) is 0.874. The highest BCUT2D eigenvalue weighted by atomic mass is 19.1. The van der Waals surface area contributed by atoms with E-state index in [2.05, 4.69) is 0 Å². The van der Waals surface area contributed by atoms with Gasteiger partial charge in [0.2, 0.25) is 0 Å². The van der Waals surface area contributed by atoms with Crippen molar-refractivity contribution < 1.29 is 18.7 Å². The molecule has 0 spiro atoms. The Hall–Kier alpha value is -1.42. The fourth-order valence-corrected chi connectivity index (χ4v) is 1.26. The molecule has 0 saturated heterocycles. The van der Waals surface area contributed by atoms with Gasteiger partial charge in [-0.15, -0.1) is 0 Å². The number of rotatable bonds is 1. The fraction of sp³-hybridized carbons (Fsp3) is 0.222. The van der Waals surface area contributed by atoms with E-state index in [9.17, 15) is 9.18 Å². The molecule has 0 amide bonds. The fourth-order valence-electron chi connectivity index (χ4n) is 1.26. The zero-order valence-corrected chi connectivity index (χ0v) is 6.75. The molecular formula is C9H7FO3. The lowest BCUT2D eigenvalue weighted by atomic mass is 10.1. The summed E-state index contributed by atoms with van der Waals surface area (Å²) in [7, 11) is 0. The summed E-state index contributed by atoms with van der Waals surface area (Å²) in [5, 5.41) is 0. The molecule has 4 heteroatoms. The highest BCUT2D eigenvalue weighted by molar-refractivity contribution is 5.75. The lowest BCUT2D eigenvalue weighted by molar-refractivity contribution is -0.0190. The average Bonchev–Trinajstić information content (AvgIpc) is 2.18. The molecule has 3 nitrogen and oxygen atoms in total. The van der Waals surface area contributed by atoms with Crippen molar-refractivity contribution in [3.05, 3.63) is 29.1 Å². The zero-order chi connectivity index (χ0) is 9.26. The molecule has 1 aliphatic rings. The molecule has 0 aliphatic carbocycles. The average molecular weight is 182 g/mol. The summed E-state index contributed by atoms with van der Waals surface area (Å²) in [6.07, 6.45) is 0.595. The molecule has 0 radical (unpaired) electrons. The van der Waals surface area contributed by atoms with Crippen molar-refractivity contribution in [2.24, 2.45) is 0 Å². The van der Waals surface area contributed by atoms with Crippen molar-refractivity contribution in [3.63, 3.8) is 0 Å². The van der Waals surface area contributed by atoms with E-state index in [4.69, 9.17) is 9.47 Å². The molecule has 0 unspecified atom stereocenters. The summed E-state index contributed by atoms with van der Waals surface area (Å²) < 4.78 is 23.1. The second kappa shape index (κ2) is 3.14. The van der Waals surface area contributed by atoms with E-state index >= 15 is 0 Å². The number of aldehydes is 1. The van der Waals surface area contributed by atoms with Gasteiger partial charge < -0.3 is 9.47 Å². The number of hydrogen-bond donors (Lipinski definition) is 0. The SMILES string of the molecule is O=Cc1cc(F)c2c(c1)COCO2. The number of benzene rings is 1. The predicted molar refractivity (Wildman–Crippen MR) is 42.1 cm³/mol. The molecule has 2 rings (SSSR count). The summed E-state index contributed by atoms with van der Waals surface area (Å²) in [4.78, 5) is 10.4. The minimum absolute atomic E-state index is 0.0599. The standard InChI is InChI=1S/C9H7FO3/c10-8-2-6(3-11)1-7-4-12-5-13-9(7)8/h1-3H,4-5H2. The van der Waals surface area contributed by atoms with Crippen molar-refractivity contribution in [1.82, 2.24) is 0 Å². The first kappa shape index (κ1) is 8.19. The number of halogens is 1. The molecule has 13 heavy (non-hydrogen) atoms. The Bertz CT molecular complexity index is 349. The van der Waals surface area contributed by atoms with Crippen LogP contribution in [0.2, 0.25) is 0 Å². The molecule has 0 saturated carbocycles. The monoisotopic (exact) mass is 182 g/mol. The third-order valence-electron chi connectivity index (χ3n) is 1.82. The third-order valence-corrected chi connectivity index (χ3v) is 1.82. The quantitative estimate of drug-likeness (QED) is 0.617. The van der Waals surface area contributed by atoms with Gasteiger partial charge in [0, 0.05) is 11.1 Å². The van der Waals surface area contributed by atoms with Gasteiger partial charge >= 0.3 is 0 Å². The van der Waals surface area contributed by atoms with Crippen LogP contribution in [0.4, 0.5) is 4.39 Å². The summed E-state index contributed by atoms with van der Waals surface area (Å²) in [6.45, 7) is 0.346. The summed E-state index contributed by atoms with van der Waals surface area (Å²) in [5.74, 6) is -0.320. The van der Waals surface area contributed by atoms with E-state index in [1.165, 1.54) is 0 Å². The van der Waals surface area contributed by atoms with Crippen LogP contribution in [0, 0.1) is 5.82 Å². The van der Waals surface area contributed by atoms with Gasteiger partial charge in [-0.1, -0.05) is 0 Å². The number of fused-ring (bicyclic) bond motifs is 1. The van der Waals surface area contributed by atoms with Gasteiger partial charge in [0.15, 0.2) is 18.4 Å². The van der Waals surface area contributed by atoms with Crippen LogP contribution in [-0.2, 0) is 11.3 Å². The molecule has 68 valence electrons. The molecule has 0 aromatic heterocycles. The largest absolute Gasteiger partial charge is 0.464 e. The number of ether oxygens (including phenoxy) is 2. The first-order valence-corrected chi connectivity index (χ1v) is 3.79. The molecule has 1 aliphatic heterocycles. The van der Waals surface area contributed by atoms with Gasteiger partial charge in [0.25, 0.3) is 0 Å². The molecule has 1 aromatic rings. The highest BCUT2D eigenvalue weighted by Gasteiger charge is 2.16. The van der Waals surface area contributed by atoms with E-state index in [-0.39, 0.29) is 19.1 Å². The van der Waals surface area contributed by atoms with E-state index in [1.54, 1.807) is 6.07 Å². The van der Waals surface area contributed by atoms with E-state index < -0.39 is 5.82 Å². The van der Waals surface area contributed by atoms with Crippen molar-refractivity contribution in [3.8, 4) is 5.75 Å². The molecule has 0 bridgehead atoms. The van der Waals surface area contributed by atoms with Crippen LogP contribution in [0.5, 0.6) is 5.75 Å². The van der Waals surface area contributed by atoms with E-state index in [0.717, 1.165) is 6.07 Å². The van der Waals surface area contributed by atoms with Gasteiger partial charge in [0.1, 0.15) is 6.29 Å². The molecule has 0 atom stereocenters. The van der Waals surface area contributed by atoms with Gasteiger partial charge in [-0.2, -0.15) is 0 Å². The first-order chi connectivity index (χ1) is 6.31.